The molecule has 0 aromatic heterocycles. The molecule has 0 rings (SSSR count). The zero-order chi connectivity index (χ0) is 10.1. The average Bonchev–Trinajstić information content (AvgIpc) is 2.09. The molecule has 12 heavy (non-hydrogen) atoms. The van der Waals surface area contributed by atoms with Gasteiger partial charge < -0.3 is 4.79 Å². The van der Waals surface area contributed by atoms with Crippen LogP contribution in [-0.2, 0) is 4.79 Å². The summed E-state index contributed by atoms with van der Waals surface area (Å²) in [6.45, 7) is 4.14. The molecule has 0 bridgehead atoms. The fourth-order valence-electron chi connectivity index (χ4n) is 0.859. The highest BCUT2D eigenvalue weighted by Gasteiger charge is 1.94. The Hall–Kier alpha value is -0.770. The minimum Gasteiger partial charge on any atom is -0.303 e. The van der Waals surface area contributed by atoms with E-state index in [9.17, 15) is 4.79 Å². The van der Waals surface area contributed by atoms with Crippen molar-refractivity contribution >= 4 is 6.26 Å². The van der Waals surface area contributed by atoms with Gasteiger partial charge in [-0.15, -0.1) is 11.8 Å². The second-order valence-corrected chi connectivity index (χ2v) is 3.01. The second-order valence-electron chi connectivity index (χ2n) is 3.01. The molecule has 0 N–H and O–H groups in total. The maximum atomic E-state index is 10.3. The van der Waals surface area contributed by atoms with Crippen LogP contribution in [0.25, 0.3) is 0 Å². The van der Waals surface area contributed by atoms with Gasteiger partial charge in [-0.3, -0.25) is 0 Å². The molecule has 1 heteroatoms. The summed E-state index contributed by atoms with van der Waals surface area (Å²) in [5, 5.41) is 0. The van der Waals surface area contributed by atoms with Gasteiger partial charge in [0.2, 0.25) is 0 Å². The average molecular weight is 167 g/mol. The first kappa shape index (κ1) is 9.32. The van der Waals surface area contributed by atoms with E-state index in [-0.39, 0.29) is 5.92 Å². The van der Waals surface area contributed by atoms with Crippen LogP contribution in [0, 0.1) is 17.8 Å². The third kappa shape index (κ3) is 7.34. The number of aldehydes is 1. The lowest BCUT2D eigenvalue weighted by Gasteiger charge is -1.97. The predicted octanol–water partition coefficient (Wildman–Crippen LogP) is 2.80. The molecular formula is C11H18O. The number of carbonyl (C=O) groups excluding carboxylic acids is 1. The molecule has 0 heterocycles. The SMILES string of the molecule is [2H]C(=O)CCC(C)C#CCCCC. The molecular weight excluding hydrogens is 148 g/mol. The fraction of sp³-hybridized carbons (Fsp3) is 0.727. The summed E-state index contributed by atoms with van der Waals surface area (Å²) in [5.74, 6) is 6.43. The quantitative estimate of drug-likeness (QED) is 0.349. The largest absolute Gasteiger partial charge is 0.303 e. The van der Waals surface area contributed by atoms with Crippen LogP contribution in [-0.4, -0.2) is 6.26 Å². The number of rotatable bonds is 5. The molecule has 68 valence electrons. The van der Waals surface area contributed by atoms with E-state index in [1.807, 2.05) is 6.92 Å². The van der Waals surface area contributed by atoms with Crippen molar-refractivity contribution in [3.8, 4) is 11.8 Å². The van der Waals surface area contributed by atoms with E-state index in [0.717, 1.165) is 19.3 Å². The standard InChI is InChI=1S/C11H18O/c1-3-4-5-6-8-11(2)9-7-10-12/h10-11H,3-5,7,9H2,1-2H3/i10D. The summed E-state index contributed by atoms with van der Waals surface area (Å²) in [6, 6.07) is 0. The van der Waals surface area contributed by atoms with Crippen molar-refractivity contribution in [2.45, 2.75) is 46.0 Å². The maximum absolute atomic E-state index is 10.3. The number of hydrogen-bond donors (Lipinski definition) is 0. The topological polar surface area (TPSA) is 17.1 Å². The molecule has 0 amide bonds. The second kappa shape index (κ2) is 8.33. The Morgan fingerprint density at radius 3 is 3.00 bits per heavy atom. The molecule has 1 unspecified atom stereocenters. The van der Waals surface area contributed by atoms with Gasteiger partial charge in [0.25, 0.3) is 0 Å². The lowest BCUT2D eigenvalue weighted by molar-refractivity contribution is -0.108. The Labute approximate surface area is 77.0 Å². The number of hydrogen-bond acceptors (Lipinski definition) is 1. The van der Waals surface area contributed by atoms with Crippen molar-refractivity contribution in [1.29, 1.82) is 0 Å². The molecule has 0 radical (unpaired) electrons. The summed E-state index contributed by atoms with van der Waals surface area (Å²) >= 11 is 0. The molecule has 0 aromatic carbocycles. The zero-order valence-corrected chi connectivity index (χ0v) is 8.02. The van der Waals surface area contributed by atoms with E-state index >= 15 is 0 Å². The van der Waals surface area contributed by atoms with E-state index in [1.54, 1.807) is 0 Å². The highest BCUT2D eigenvalue weighted by molar-refractivity contribution is 5.49. The highest BCUT2D eigenvalue weighted by Crippen LogP contribution is 2.02. The van der Waals surface area contributed by atoms with Crippen molar-refractivity contribution in [1.82, 2.24) is 0 Å². The van der Waals surface area contributed by atoms with Crippen molar-refractivity contribution in [3.63, 3.8) is 0 Å². The maximum Gasteiger partial charge on any atom is 0.120 e. The molecule has 0 aliphatic carbocycles. The highest BCUT2D eigenvalue weighted by atomic mass is 16.1. The molecule has 0 aliphatic rings. The van der Waals surface area contributed by atoms with Gasteiger partial charge >= 0.3 is 0 Å². The molecule has 1 atom stereocenters. The third-order valence-electron chi connectivity index (χ3n) is 1.68. The van der Waals surface area contributed by atoms with E-state index in [4.69, 9.17) is 1.37 Å². The molecule has 0 saturated heterocycles. The van der Waals surface area contributed by atoms with Gasteiger partial charge in [0, 0.05) is 18.8 Å². The van der Waals surface area contributed by atoms with Gasteiger partial charge in [0.15, 0.2) is 0 Å². The minimum absolute atomic E-state index is 0.256. The van der Waals surface area contributed by atoms with Crippen LogP contribution in [0.3, 0.4) is 0 Å². The van der Waals surface area contributed by atoms with Crippen LogP contribution in [0.5, 0.6) is 0 Å². The van der Waals surface area contributed by atoms with Gasteiger partial charge in [-0.05, 0) is 12.8 Å². The normalized spacial score (nSPS) is 12.7. The summed E-state index contributed by atoms with van der Waals surface area (Å²) in [4.78, 5) is 10.3. The molecule has 1 nitrogen and oxygen atoms in total. The van der Waals surface area contributed by atoms with Crippen LogP contribution in [0.1, 0.15) is 47.3 Å². The Bertz CT molecular complexity index is 200. The Kier molecular flexibility index (Phi) is 6.47. The van der Waals surface area contributed by atoms with Gasteiger partial charge in [-0.2, -0.15) is 0 Å². The fourth-order valence-corrected chi connectivity index (χ4v) is 0.859. The van der Waals surface area contributed by atoms with Crippen molar-refractivity contribution < 1.29 is 6.17 Å². The van der Waals surface area contributed by atoms with Crippen LogP contribution < -0.4 is 0 Å². The monoisotopic (exact) mass is 167 g/mol. The van der Waals surface area contributed by atoms with Crippen molar-refractivity contribution in [3.05, 3.63) is 0 Å². The Morgan fingerprint density at radius 1 is 1.67 bits per heavy atom. The van der Waals surface area contributed by atoms with Crippen LogP contribution >= 0.6 is 0 Å². The summed E-state index contributed by atoms with van der Waals surface area (Å²) in [6.07, 6.45) is 3.86. The summed E-state index contributed by atoms with van der Waals surface area (Å²) in [7, 11) is 0. The summed E-state index contributed by atoms with van der Waals surface area (Å²) < 4.78 is 6.73. The molecule has 0 fully saturated rings. The zero-order valence-electron chi connectivity index (χ0n) is 9.02. The first-order valence-electron chi connectivity index (χ1n) is 5.14. The predicted molar refractivity (Wildman–Crippen MR) is 51.8 cm³/mol. The lowest BCUT2D eigenvalue weighted by atomic mass is 10.1. The Balaban J connectivity index is 3.51. The Morgan fingerprint density at radius 2 is 2.42 bits per heavy atom. The molecule has 0 aliphatic heterocycles. The van der Waals surface area contributed by atoms with E-state index in [2.05, 4.69) is 18.8 Å². The van der Waals surface area contributed by atoms with Gasteiger partial charge in [-0.25, -0.2) is 0 Å². The molecule has 0 saturated carbocycles. The van der Waals surface area contributed by atoms with E-state index in [0.29, 0.717) is 6.42 Å². The smallest absolute Gasteiger partial charge is 0.120 e. The van der Waals surface area contributed by atoms with E-state index in [1.165, 1.54) is 6.42 Å². The molecule has 0 aromatic rings. The number of carbonyl (C=O) groups is 1. The van der Waals surface area contributed by atoms with E-state index < -0.39 is 6.26 Å². The van der Waals surface area contributed by atoms with Crippen LogP contribution in [0.2, 0.25) is 0 Å². The first-order valence-corrected chi connectivity index (χ1v) is 4.64. The summed E-state index contributed by atoms with van der Waals surface area (Å²) in [5.41, 5.74) is 0. The van der Waals surface area contributed by atoms with Crippen LogP contribution in [0.15, 0.2) is 0 Å². The third-order valence-corrected chi connectivity index (χ3v) is 1.68. The minimum atomic E-state index is -0.484. The lowest BCUT2D eigenvalue weighted by Crippen LogP contribution is -1.90. The van der Waals surface area contributed by atoms with Gasteiger partial charge in [0.1, 0.15) is 7.63 Å². The first-order chi connectivity index (χ1) is 6.16. The van der Waals surface area contributed by atoms with Gasteiger partial charge in [0.05, 0.1) is 0 Å². The molecule has 0 spiro atoms. The van der Waals surface area contributed by atoms with Crippen LogP contribution in [0.4, 0.5) is 0 Å². The van der Waals surface area contributed by atoms with Crippen molar-refractivity contribution in [2.75, 3.05) is 0 Å². The van der Waals surface area contributed by atoms with Crippen molar-refractivity contribution in [2.24, 2.45) is 5.92 Å². The van der Waals surface area contributed by atoms with Gasteiger partial charge in [-0.1, -0.05) is 20.3 Å². The number of unbranched alkanes of at least 4 members (excludes halogenated alkanes) is 2.